The molecule has 0 unspecified atom stereocenters. The van der Waals surface area contributed by atoms with Gasteiger partial charge in [-0.3, -0.25) is 0 Å². The number of rotatable bonds is 2. The van der Waals surface area contributed by atoms with Crippen molar-refractivity contribution in [3.05, 3.63) is 0 Å². The van der Waals surface area contributed by atoms with Gasteiger partial charge in [0.25, 0.3) is 0 Å². The summed E-state index contributed by atoms with van der Waals surface area (Å²) in [5.74, 6) is 0. The number of hydrogen-bond acceptors (Lipinski definition) is 3. The van der Waals surface area contributed by atoms with E-state index in [-0.39, 0.29) is 0 Å². The molecule has 4 amide bonds. The maximum absolute atomic E-state index is 11.6. The molecule has 0 spiro atoms. The first-order valence-electron chi connectivity index (χ1n) is 4.50. The number of imide groups is 1. The molecule has 0 saturated heterocycles. The first-order valence-corrected chi connectivity index (χ1v) is 4.50. The van der Waals surface area contributed by atoms with Gasteiger partial charge < -0.3 is 14.6 Å². The predicted molar refractivity (Wildman–Crippen MR) is 55.5 cm³/mol. The van der Waals surface area contributed by atoms with E-state index in [4.69, 9.17) is 0 Å². The monoisotopic (exact) mass is 215 g/mol. The number of aldehydes is 1. The van der Waals surface area contributed by atoms with E-state index in [1.54, 1.807) is 21.0 Å². The smallest absolute Gasteiger partial charge is 0.328 e. The highest BCUT2D eigenvalue weighted by atomic mass is 16.2. The Kier molecular flexibility index (Phi) is 4.77. The topological polar surface area (TPSA) is 60.9 Å². The van der Waals surface area contributed by atoms with Gasteiger partial charge in [-0.05, 0) is 6.92 Å². The van der Waals surface area contributed by atoms with Crippen molar-refractivity contribution < 1.29 is 14.4 Å². The van der Waals surface area contributed by atoms with E-state index in [1.807, 2.05) is 0 Å². The Labute approximate surface area is 89.4 Å². The summed E-state index contributed by atoms with van der Waals surface area (Å²) in [4.78, 5) is 37.0. The summed E-state index contributed by atoms with van der Waals surface area (Å²) >= 11 is 0. The number of amides is 4. The Morgan fingerprint density at radius 2 is 1.53 bits per heavy atom. The molecule has 1 atom stereocenters. The van der Waals surface area contributed by atoms with Gasteiger partial charge in [-0.25, -0.2) is 14.5 Å². The molecule has 0 N–H and O–H groups in total. The van der Waals surface area contributed by atoms with Crippen LogP contribution in [0, 0.1) is 0 Å². The second kappa shape index (κ2) is 5.33. The molecule has 15 heavy (non-hydrogen) atoms. The highest BCUT2D eigenvalue weighted by molar-refractivity contribution is 5.93. The number of nitrogens with zero attached hydrogens (tertiary/aromatic N) is 3. The Balaban J connectivity index is 4.57. The number of urea groups is 2. The number of hydrogen-bond donors (Lipinski definition) is 0. The fourth-order valence-electron chi connectivity index (χ4n) is 0.884. The molecule has 0 bridgehead atoms. The zero-order valence-electron chi connectivity index (χ0n) is 9.72. The normalized spacial score (nSPS) is 11.5. The lowest BCUT2D eigenvalue weighted by Gasteiger charge is -2.27. The molecule has 0 aromatic heterocycles. The van der Waals surface area contributed by atoms with Crippen molar-refractivity contribution in [2.45, 2.75) is 13.0 Å². The third kappa shape index (κ3) is 3.23. The van der Waals surface area contributed by atoms with Crippen LogP contribution in [0.25, 0.3) is 0 Å². The van der Waals surface area contributed by atoms with Crippen LogP contribution in [0.4, 0.5) is 9.59 Å². The van der Waals surface area contributed by atoms with Crippen LogP contribution >= 0.6 is 0 Å². The molecule has 0 aromatic rings. The number of likely N-dealkylation sites (N-methyl/N-ethyl adjacent to an activating group) is 1. The fraction of sp³-hybridized carbons (Fsp3) is 0.667. The van der Waals surface area contributed by atoms with Gasteiger partial charge in [-0.15, -0.1) is 0 Å². The van der Waals surface area contributed by atoms with Crippen LogP contribution < -0.4 is 0 Å². The van der Waals surface area contributed by atoms with Crippen molar-refractivity contribution in [2.24, 2.45) is 0 Å². The molecule has 0 rings (SSSR count). The minimum Gasteiger partial charge on any atom is -0.330 e. The highest BCUT2D eigenvalue weighted by Crippen LogP contribution is 2.01. The van der Waals surface area contributed by atoms with Crippen LogP contribution in [0.5, 0.6) is 0 Å². The SMILES string of the molecule is C[C@@H](C=O)N(C)C(=O)N(C)C(=O)N(C)C. The maximum Gasteiger partial charge on any atom is 0.328 e. The van der Waals surface area contributed by atoms with Crippen LogP contribution in [0.1, 0.15) is 6.92 Å². The van der Waals surface area contributed by atoms with E-state index >= 15 is 0 Å². The second-order valence-electron chi connectivity index (χ2n) is 3.51. The molecule has 6 heteroatoms. The molecule has 0 saturated carbocycles. The van der Waals surface area contributed by atoms with Gasteiger partial charge in [0.2, 0.25) is 0 Å². The van der Waals surface area contributed by atoms with E-state index in [9.17, 15) is 14.4 Å². The van der Waals surface area contributed by atoms with Crippen molar-refractivity contribution in [1.82, 2.24) is 14.7 Å². The first-order chi connectivity index (χ1) is 6.82. The largest absolute Gasteiger partial charge is 0.330 e. The van der Waals surface area contributed by atoms with E-state index in [0.29, 0.717) is 6.29 Å². The second-order valence-corrected chi connectivity index (χ2v) is 3.51. The van der Waals surface area contributed by atoms with E-state index in [2.05, 4.69) is 0 Å². The summed E-state index contributed by atoms with van der Waals surface area (Å²) < 4.78 is 0. The van der Waals surface area contributed by atoms with Crippen LogP contribution in [0.15, 0.2) is 0 Å². The minimum atomic E-state index is -0.546. The fourth-order valence-corrected chi connectivity index (χ4v) is 0.884. The van der Waals surface area contributed by atoms with Crippen molar-refractivity contribution in [3.63, 3.8) is 0 Å². The number of carbonyl (C=O) groups excluding carboxylic acids is 3. The van der Waals surface area contributed by atoms with Gasteiger partial charge in [-0.1, -0.05) is 0 Å². The van der Waals surface area contributed by atoms with Crippen molar-refractivity contribution in [3.8, 4) is 0 Å². The Hall–Kier alpha value is -1.59. The lowest BCUT2D eigenvalue weighted by Crippen LogP contribution is -2.49. The first kappa shape index (κ1) is 13.4. The zero-order chi connectivity index (χ0) is 12.2. The molecule has 0 aliphatic carbocycles. The molecule has 0 heterocycles. The highest BCUT2D eigenvalue weighted by Gasteiger charge is 2.24. The van der Waals surface area contributed by atoms with Crippen molar-refractivity contribution >= 4 is 18.3 Å². The van der Waals surface area contributed by atoms with Crippen LogP contribution in [0.3, 0.4) is 0 Å². The summed E-state index contributed by atoms with van der Waals surface area (Å²) in [6.07, 6.45) is 0.645. The lowest BCUT2D eigenvalue weighted by molar-refractivity contribution is -0.110. The molecule has 86 valence electrons. The minimum absolute atomic E-state index is 0.426. The summed E-state index contributed by atoms with van der Waals surface area (Å²) in [6, 6.07) is -1.48. The van der Waals surface area contributed by atoms with Crippen molar-refractivity contribution in [2.75, 3.05) is 28.2 Å². The average molecular weight is 215 g/mol. The van der Waals surface area contributed by atoms with Crippen LogP contribution in [-0.2, 0) is 4.79 Å². The third-order valence-corrected chi connectivity index (χ3v) is 2.07. The standard InChI is InChI=1S/C9H17N3O3/c1-7(6-13)11(4)9(15)12(5)8(14)10(2)3/h6-7H,1-5H3/t7-/m0/s1. The molecule has 0 fully saturated rings. The molecule has 0 aliphatic rings. The lowest BCUT2D eigenvalue weighted by atomic mass is 10.3. The summed E-state index contributed by atoms with van der Waals surface area (Å²) in [5, 5.41) is 0. The van der Waals surface area contributed by atoms with Crippen molar-refractivity contribution in [1.29, 1.82) is 0 Å². The van der Waals surface area contributed by atoms with Gasteiger partial charge in [0.05, 0.1) is 6.04 Å². The van der Waals surface area contributed by atoms with Gasteiger partial charge >= 0.3 is 12.1 Å². The Morgan fingerprint density at radius 1 is 1.07 bits per heavy atom. The van der Waals surface area contributed by atoms with Gasteiger partial charge in [0.15, 0.2) is 0 Å². The van der Waals surface area contributed by atoms with E-state index in [1.165, 1.54) is 23.9 Å². The molecule has 0 aromatic carbocycles. The summed E-state index contributed by atoms with van der Waals surface area (Å²) in [7, 11) is 5.95. The predicted octanol–water partition coefficient (Wildman–Crippen LogP) is 0.239. The van der Waals surface area contributed by atoms with Gasteiger partial charge in [0, 0.05) is 28.2 Å². The maximum atomic E-state index is 11.6. The molecule has 0 aliphatic heterocycles. The van der Waals surface area contributed by atoms with Gasteiger partial charge in [0.1, 0.15) is 6.29 Å². The van der Waals surface area contributed by atoms with E-state index in [0.717, 1.165) is 4.90 Å². The quantitative estimate of drug-likeness (QED) is 0.620. The Morgan fingerprint density at radius 3 is 1.87 bits per heavy atom. The summed E-state index contributed by atoms with van der Waals surface area (Å²) in [5.41, 5.74) is 0. The molecular weight excluding hydrogens is 198 g/mol. The van der Waals surface area contributed by atoms with Crippen LogP contribution in [-0.4, -0.2) is 67.3 Å². The summed E-state index contributed by atoms with van der Waals surface area (Å²) in [6.45, 7) is 1.58. The molecule has 6 nitrogen and oxygen atoms in total. The van der Waals surface area contributed by atoms with E-state index < -0.39 is 18.1 Å². The van der Waals surface area contributed by atoms with Gasteiger partial charge in [-0.2, -0.15) is 0 Å². The van der Waals surface area contributed by atoms with Crippen LogP contribution in [0.2, 0.25) is 0 Å². The molecule has 0 radical (unpaired) electrons. The zero-order valence-corrected chi connectivity index (χ0v) is 9.72. The molecular formula is C9H17N3O3. The average Bonchev–Trinajstić information content (AvgIpc) is 2.23. The third-order valence-electron chi connectivity index (χ3n) is 2.07. The number of carbonyl (C=O) groups is 3. The Bertz CT molecular complexity index is 265.